The van der Waals surface area contributed by atoms with Gasteiger partial charge in [0.05, 0.1) is 0 Å². The van der Waals surface area contributed by atoms with Crippen LogP contribution >= 0.6 is 0 Å². The Labute approximate surface area is 186 Å². The van der Waals surface area contributed by atoms with E-state index in [4.69, 9.17) is 8.61 Å². The van der Waals surface area contributed by atoms with E-state index in [0.717, 1.165) is 22.4 Å². The fourth-order valence-corrected chi connectivity index (χ4v) is 4.59. The summed E-state index contributed by atoms with van der Waals surface area (Å²) >= 11 is 0. The van der Waals surface area contributed by atoms with Crippen LogP contribution in [-0.4, -0.2) is 21.7 Å². The van der Waals surface area contributed by atoms with Crippen molar-refractivity contribution >= 4 is 18.4 Å². The molecule has 1 heterocycles. The Balaban J connectivity index is 1.86. The monoisotopic (exact) mass is 455 g/mol. The van der Waals surface area contributed by atoms with Crippen LogP contribution in [0.3, 0.4) is 0 Å². The summed E-state index contributed by atoms with van der Waals surface area (Å²) < 4.78 is 36.9. The third kappa shape index (κ3) is 5.54. The number of pyridine rings is 1. The molecule has 0 bridgehead atoms. The van der Waals surface area contributed by atoms with Gasteiger partial charge in [-0.3, -0.25) is 0 Å². The summed E-state index contributed by atoms with van der Waals surface area (Å²) in [5, 5.41) is 0.0883. The van der Waals surface area contributed by atoms with E-state index in [1.54, 1.807) is 18.2 Å². The quantitative estimate of drug-likeness (QED) is 0.327. The van der Waals surface area contributed by atoms with Gasteiger partial charge in [0.25, 0.3) is 0 Å². The SMILES string of the molecule is Cc1ccc(S(=O)(=O)Oc2cc(-c3cccc(O[Si](C)(C)C(C)(C)C)c3)ccn2)cc1. The van der Waals surface area contributed by atoms with E-state index in [-0.39, 0.29) is 15.8 Å². The van der Waals surface area contributed by atoms with Gasteiger partial charge >= 0.3 is 10.1 Å². The summed E-state index contributed by atoms with van der Waals surface area (Å²) in [6.45, 7) is 12.9. The molecule has 0 saturated carbocycles. The molecule has 0 saturated heterocycles. The minimum atomic E-state index is -3.96. The largest absolute Gasteiger partial charge is 0.543 e. The van der Waals surface area contributed by atoms with Crippen LogP contribution in [0.5, 0.6) is 11.6 Å². The number of hydrogen-bond acceptors (Lipinski definition) is 5. The summed E-state index contributed by atoms with van der Waals surface area (Å²) in [5.74, 6) is 0.824. The summed E-state index contributed by atoms with van der Waals surface area (Å²) in [7, 11) is -5.93. The highest BCUT2D eigenvalue weighted by Crippen LogP contribution is 2.38. The van der Waals surface area contributed by atoms with Gasteiger partial charge in [-0.25, -0.2) is 4.98 Å². The summed E-state index contributed by atoms with van der Waals surface area (Å²) in [5.41, 5.74) is 2.67. The van der Waals surface area contributed by atoms with Crippen LogP contribution in [0.15, 0.2) is 71.8 Å². The van der Waals surface area contributed by atoms with Crippen molar-refractivity contribution in [3.63, 3.8) is 0 Å². The molecule has 0 amide bonds. The van der Waals surface area contributed by atoms with Crippen LogP contribution in [-0.2, 0) is 10.1 Å². The molecule has 31 heavy (non-hydrogen) atoms. The van der Waals surface area contributed by atoms with Gasteiger partial charge in [0.15, 0.2) is 0 Å². The average Bonchev–Trinajstić information content (AvgIpc) is 2.67. The number of benzene rings is 2. The van der Waals surface area contributed by atoms with E-state index in [2.05, 4.69) is 38.8 Å². The Morgan fingerprint density at radius 3 is 2.19 bits per heavy atom. The summed E-state index contributed by atoms with van der Waals surface area (Å²) in [6.07, 6.45) is 1.54. The molecule has 0 aliphatic heterocycles. The second-order valence-corrected chi connectivity index (χ2v) is 15.4. The Morgan fingerprint density at radius 1 is 0.903 bits per heavy atom. The van der Waals surface area contributed by atoms with Crippen molar-refractivity contribution in [3.8, 4) is 22.8 Å². The lowest BCUT2D eigenvalue weighted by molar-refractivity contribution is 0.476. The Bertz CT molecular complexity index is 1170. The smallest absolute Gasteiger partial charge is 0.340 e. The molecule has 0 fully saturated rings. The van der Waals surface area contributed by atoms with E-state index < -0.39 is 18.4 Å². The van der Waals surface area contributed by atoms with E-state index >= 15 is 0 Å². The van der Waals surface area contributed by atoms with Crippen molar-refractivity contribution in [3.05, 3.63) is 72.4 Å². The predicted molar refractivity (Wildman–Crippen MR) is 126 cm³/mol. The molecule has 0 radical (unpaired) electrons. The maximum Gasteiger partial charge on any atom is 0.340 e. The highest BCUT2D eigenvalue weighted by molar-refractivity contribution is 7.87. The lowest BCUT2D eigenvalue weighted by atomic mass is 10.1. The zero-order chi connectivity index (χ0) is 22.9. The molecule has 3 rings (SSSR count). The summed E-state index contributed by atoms with van der Waals surface area (Å²) in [4.78, 5) is 4.17. The number of aromatic nitrogens is 1. The molecular weight excluding hydrogens is 426 g/mol. The highest BCUT2D eigenvalue weighted by atomic mass is 32.2. The molecule has 1 aromatic heterocycles. The van der Waals surface area contributed by atoms with Gasteiger partial charge in [0, 0.05) is 12.3 Å². The van der Waals surface area contributed by atoms with E-state index in [9.17, 15) is 8.42 Å². The van der Waals surface area contributed by atoms with Gasteiger partial charge in [0.2, 0.25) is 14.2 Å². The third-order valence-corrected chi connectivity index (χ3v) is 11.2. The van der Waals surface area contributed by atoms with Crippen molar-refractivity contribution in [2.24, 2.45) is 0 Å². The fourth-order valence-electron chi connectivity index (χ4n) is 2.69. The molecule has 5 nitrogen and oxygen atoms in total. The first-order chi connectivity index (χ1) is 14.4. The minimum absolute atomic E-state index is 0.0220. The second-order valence-electron chi connectivity index (χ2n) is 9.12. The van der Waals surface area contributed by atoms with Gasteiger partial charge in [-0.2, -0.15) is 8.42 Å². The molecular formula is C24H29NO4SSi. The maximum atomic E-state index is 12.6. The molecule has 0 atom stereocenters. The maximum absolute atomic E-state index is 12.6. The number of nitrogens with zero attached hydrogens (tertiary/aromatic N) is 1. The average molecular weight is 456 g/mol. The Kier molecular flexibility index (Phi) is 6.30. The van der Waals surface area contributed by atoms with Crippen LogP contribution in [0, 0.1) is 6.92 Å². The molecule has 3 aromatic rings. The van der Waals surface area contributed by atoms with Crippen LogP contribution in [0.1, 0.15) is 26.3 Å². The molecule has 7 heteroatoms. The second kappa shape index (κ2) is 8.47. The van der Waals surface area contributed by atoms with E-state index in [0.29, 0.717) is 0 Å². The number of rotatable bonds is 6. The molecule has 2 aromatic carbocycles. The van der Waals surface area contributed by atoms with Crippen molar-refractivity contribution in [2.75, 3.05) is 0 Å². The van der Waals surface area contributed by atoms with Crippen LogP contribution in [0.4, 0.5) is 0 Å². The van der Waals surface area contributed by atoms with Crippen LogP contribution in [0.2, 0.25) is 18.1 Å². The zero-order valence-corrected chi connectivity index (χ0v) is 20.7. The van der Waals surface area contributed by atoms with Gasteiger partial charge in [0.1, 0.15) is 10.6 Å². The molecule has 0 spiro atoms. The Hall–Kier alpha value is -2.64. The molecule has 164 valence electrons. The first-order valence-corrected chi connectivity index (χ1v) is 14.5. The van der Waals surface area contributed by atoms with Crippen molar-refractivity contribution < 1.29 is 17.0 Å². The van der Waals surface area contributed by atoms with Gasteiger partial charge < -0.3 is 8.61 Å². The van der Waals surface area contributed by atoms with Gasteiger partial charge in [-0.05, 0) is 66.5 Å². The Morgan fingerprint density at radius 2 is 1.55 bits per heavy atom. The van der Waals surface area contributed by atoms with Crippen molar-refractivity contribution in [1.82, 2.24) is 4.98 Å². The van der Waals surface area contributed by atoms with Crippen LogP contribution < -0.4 is 8.61 Å². The minimum Gasteiger partial charge on any atom is -0.543 e. The molecule has 0 N–H and O–H groups in total. The molecule has 0 aliphatic rings. The number of aryl methyl sites for hydroxylation is 1. The molecule has 0 unspecified atom stereocenters. The molecule has 0 aliphatic carbocycles. The van der Waals surface area contributed by atoms with E-state index in [1.165, 1.54) is 18.3 Å². The van der Waals surface area contributed by atoms with Gasteiger partial charge in [-0.1, -0.05) is 50.6 Å². The van der Waals surface area contributed by atoms with Crippen LogP contribution in [0.25, 0.3) is 11.1 Å². The number of hydrogen-bond donors (Lipinski definition) is 0. The normalized spacial score (nSPS) is 12.5. The lowest BCUT2D eigenvalue weighted by Gasteiger charge is -2.36. The van der Waals surface area contributed by atoms with Crippen molar-refractivity contribution in [1.29, 1.82) is 0 Å². The first-order valence-electron chi connectivity index (χ1n) is 10.1. The zero-order valence-electron chi connectivity index (χ0n) is 18.8. The standard InChI is InChI=1S/C24H29NO4SSi/c1-18-10-12-22(13-11-18)30(26,27)28-23-17-20(14-15-25-23)19-8-7-9-21(16-19)29-31(5,6)24(2,3)4/h7-17H,1-6H3. The third-order valence-electron chi connectivity index (χ3n) is 5.59. The highest BCUT2D eigenvalue weighted by Gasteiger charge is 2.39. The topological polar surface area (TPSA) is 65.5 Å². The summed E-state index contributed by atoms with van der Waals surface area (Å²) in [6, 6.07) is 17.7. The predicted octanol–water partition coefficient (Wildman–Crippen LogP) is 6.21. The lowest BCUT2D eigenvalue weighted by Crippen LogP contribution is -2.43. The van der Waals surface area contributed by atoms with E-state index in [1.807, 2.05) is 37.3 Å². The van der Waals surface area contributed by atoms with Crippen molar-refractivity contribution in [2.45, 2.75) is 50.7 Å². The van der Waals surface area contributed by atoms with Gasteiger partial charge in [-0.15, -0.1) is 0 Å². The first kappa shape index (κ1) is 23.0. The fraction of sp³-hybridized carbons (Fsp3) is 0.292.